The summed E-state index contributed by atoms with van der Waals surface area (Å²) in [5, 5.41) is 8.61. The van der Waals surface area contributed by atoms with E-state index in [9.17, 15) is 0 Å². The molecule has 3 aromatic carbocycles. The molecule has 5 heteroatoms. The molecule has 3 atom stereocenters. The average molecular weight is 633 g/mol. The summed E-state index contributed by atoms with van der Waals surface area (Å²) in [4.78, 5) is 0. The Morgan fingerprint density at radius 3 is 1.68 bits per heavy atom. The summed E-state index contributed by atoms with van der Waals surface area (Å²) in [6, 6.07) is 27.2. The first-order valence-corrected chi connectivity index (χ1v) is 17.7. The molecule has 0 saturated carbocycles. The summed E-state index contributed by atoms with van der Waals surface area (Å²) in [5.74, 6) is 0. The zero-order chi connectivity index (χ0) is 28.8. The fourth-order valence-electron chi connectivity index (χ4n) is 7.00. The minimum atomic E-state index is -0.223. The molecule has 0 amide bonds. The maximum absolute atomic E-state index is 3.99. The maximum Gasteiger partial charge on any atom is 0.0193 e. The average Bonchev–Trinajstić information content (AvgIpc) is 3.66. The minimum absolute atomic E-state index is 0. The van der Waals surface area contributed by atoms with Crippen molar-refractivity contribution >= 4 is 17.2 Å². The van der Waals surface area contributed by atoms with E-state index in [2.05, 4.69) is 104 Å². The van der Waals surface area contributed by atoms with Crippen molar-refractivity contribution < 1.29 is 17.1 Å². The maximum atomic E-state index is 3.99. The molecular weight excluding hydrogens is 578 g/mol. The zero-order valence-corrected chi connectivity index (χ0v) is 29.5. The predicted molar refractivity (Wildman–Crippen MR) is 182 cm³/mol. The van der Waals surface area contributed by atoms with Crippen LogP contribution in [-0.2, 0) is 28.4 Å². The molecule has 0 bridgehead atoms. The third kappa shape index (κ3) is 8.88. The second-order valence-corrected chi connectivity index (χ2v) is 18.7. The van der Waals surface area contributed by atoms with Crippen molar-refractivity contribution in [1.82, 2.24) is 10.6 Å². The number of rotatable bonds is 6. The zero-order valence-electron chi connectivity index (χ0n) is 26.3. The van der Waals surface area contributed by atoms with Gasteiger partial charge in [-0.3, -0.25) is 0 Å². The van der Waals surface area contributed by atoms with Gasteiger partial charge in [-0.05, 0) is 49.1 Å². The fraction of sp³-hybridized carbons (Fsp3) is 0.556. The summed E-state index contributed by atoms with van der Waals surface area (Å²) >= 11 is 0. The minimum Gasteiger partial charge on any atom is -0.748 e. The largest absolute Gasteiger partial charge is 0.748 e. The Morgan fingerprint density at radius 1 is 0.780 bits per heavy atom. The van der Waals surface area contributed by atoms with E-state index in [1.54, 1.807) is 11.1 Å². The number of piperidine rings is 2. The molecule has 2 aliphatic heterocycles. The smallest absolute Gasteiger partial charge is 0.0193 e. The first-order valence-electron chi connectivity index (χ1n) is 15.6. The standard InChI is InChI=1S/C31H49N2P2.C5H5.Fe/c1-29(2,3)35(30(4,5)6)22-25-20-24(23-14-8-7-9-15-23)21-26(25)31(34,27-16-10-12-18-32-27)28-17-11-13-19-33-28;1-2-4-5-3-1;/h7-9,14-15,20-21,27-28,32-33H,10-13,16-19,22,34H2,1-6H3;1-5H;/q-1;-5;. The van der Waals surface area contributed by atoms with Gasteiger partial charge in [-0.2, -0.15) is 17.2 Å². The van der Waals surface area contributed by atoms with Gasteiger partial charge in [0.15, 0.2) is 0 Å². The van der Waals surface area contributed by atoms with Crippen molar-refractivity contribution in [3.8, 4) is 11.1 Å². The van der Waals surface area contributed by atoms with Gasteiger partial charge in [0.25, 0.3) is 0 Å². The molecule has 2 nitrogen and oxygen atoms in total. The predicted octanol–water partition coefficient (Wildman–Crippen LogP) is 9.41. The van der Waals surface area contributed by atoms with E-state index in [1.807, 2.05) is 30.3 Å². The molecule has 0 aliphatic carbocycles. The van der Waals surface area contributed by atoms with Gasteiger partial charge in [-0.1, -0.05) is 96.4 Å². The van der Waals surface area contributed by atoms with Crippen LogP contribution < -0.4 is 10.6 Å². The van der Waals surface area contributed by atoms with Gasteiger partial charge in [-0.25, -0.2) is 6.07 Å². The van der Waals surface area contributed by atoms with Gasteiger partial charge in [0, 0.05) is 34.3 Å². The van der Waals surface area contributed by atoms with Gasteiger partial charge < -0.3 is 41.0 Å². The molecule has 41 heavy (non-hydrogen) atoms. The molecule has 3 unspecified atom stereocenters. The van der Waals surface area contributed by atoms with Crippen LogP contribution >= 0.6 is 17.2 Å². The van der Waals surface area contributed by atoms with E-state index in [0.29, 0.717) is 22.4 Å². The third-order valence-corrected chi connectivity index (χ3v) is 13.8. The molecule has 0 radical (unpaired) electrons. The SMILES string of the molecule is CC(C)(C)P(C[c-]1cc(-c2ccccc2)cc1C(P)(C1CCCCN1)C1CCCCN1)C(C)(C)C.[Fe].[cH-]1[cH-][cH-][cH-][cH-]1. The van der Waals surface area contributed by atoms with E-state index in [4.69, 9.17) is 0 Å². The van der Waals surface area contributed by atoms with E-state index in [0.717, 1.165) is 13.1 Å². The summed E-state index contributed by atoms with van der Waals surface area (Å²) in [6.45, 7) is 17.1. The van der Waals surface area contributed by atoms with Crippen LogP contribution in [0.4, 0.5) is 0 Å². The van der Waals surface area contributed by atoms with Gasteiger partial charge in [0.05, 0.1) is 0 Å². The first kappa shape index (κ1) is 34.7. The number of hydrogen-bond acceptors (Lipinski definition) is 2. The summed E-state index contributed by atoms with van der Waals surface area (Å²) in [6.07, 6.45) is 8.99. The van der Waals surface area contributed by atoms with Crippen LogP contribution in [0.15, 0.2) is 72.8 Å². The quantitative estimate of drug-likeness (QED) is 0.161. The Balaban J connectivity index is 0.000000696. The Morgan fingerprint density at radius 2 is 1.27 bits per heavy atom. The molecule has 5 rings (SSSR count). The molecular formula is C36H54FeN2P2-6. The molecule has 2 aliphatic rings. The summed E-state index contributed by atoms with van der Waals surface area (Å²) in [5.41, 5.74) is 5.92. The molecule has 2 fully saturated rings. The van der Waals surface area contributed by atoms with Crippen molar-refractivity contribution in [2.24, 2.45) is 0 Å². The molecule has 3 aromatic rings. The summed E-state index contributed by atoms with van der Waals surface area (Å²) < 4.78 is 0. The van der Waals surface area contributed by atoms with Crippen molar-refractivity contribution in [3.63, 3.8) is 0 Å². The van der Waals surface area contributed by atoms with Crippen molar-refractivity contribution in [2.45, 2.75) is 114 Å². The molecule has 2 heterocycles. The van der Waals surface area contributed by atoms with Crippen molar-refractivity contribution in [1.29, 1.82) is 0 Å². The van der Waals surface area contributed by atoms with Gasteiger partial charge in [0.1, 0.15) is 0 Å². The van der Waals surface area contributed by atoms with Gasteiger partial charge in [0.2, 0.25) is 0 Å². The molecule has 2 saturated heterocycles. The van der Waals surface area contributed by atoms with Crippen LogP contribution in [0, 0.1) is 0 Å². The van der Waals surface area contributed by atoms with Crippen LogP contribution in [0.1, 0.15) is 91.2 Å². The third-order valence-electron chi connectivity index (χ3n) is 8.83. The Hall–Kier alpha value is -0.781. The fourth-order valence-corrected chi connectivity index (χ4v) is 11.4. The topological polar surface area (TPSA) is 24.1 Å². The van der Waals surface area contributed by atoms with Crippen LogP contribution in [0.2, 0.25) is 0 Å². The van der Waals surface area contributed by atoms with Crippen LogP contribution in [0.5, 0.6) is 0 Å². The Bertz CT molecular complexity index is 1080. The van der Waals surface area contributed by atoms with Crippen molar-refractivity contribution in [2.75, 3.05) is 13.1 Å². The normalized spacial score (nSPS) is 21.4. The van der Waals surface area contributed by atoms with E-state index in [1.165, 1.54) is 55.8 Å². The van der Waals surface area contributed by atoms with Crippen LogP contribution in [0.3, 0.4) is 0 Å². The number of hydrogen-bond donors (Lipinski definition) is 2. The molecule has 0 spiro atoms. The number of nitrogens with one attached hydrogen (secondary N) is 2. The van der Waals surface area contributed by atoms with E-state index < -0.39 is 0 Å². The van der Waals surface area contributed by atoms with Crippen LogP contribution in [0.25, 0.3) is 11.1 Å². The van der Waals surface area contributed by atoms with E-state index in [-0.39, 0.29) is 30.1 Å². The van der Waals surface area contributed by atoms with Crippen molar-refractivity contribution in [3.05, 3.63) is 83.9 Å². The number of benzene rings is 1. The molecule has 232 valence electrons. The monoisotopic (exact) mass is 632 g/mol. The van der Waals surface area contributed by atoms with Crippen LogP contribution in [-0.4, -0.2) is 35.5 Å². The summed E-state index contributed by atoms with van der Waals surface area (Å²) in [7, 11) is 3.23. The van der Waals surface area contributed by atoms with E-state index >= 15 is 0 Å². The second kappa shape index (κ2) is 15.3. The molecule has 2 N–H and O–H groups in total. The molecule has 0 aromatic heterocycles. The first-order chi connectivity index (χ1) is 19.0. The van der Waals surface area contributed by atoms with Gasteiger partial charge >= 0.3 is 0 Å². The Labute approximate surface area is 265 Å². The second-order valence-electron chi connectivity index (χ2n) is 13.9. The van der Waals surface area contributed by atoms with Gasteiger partial charge in [-0.15, -0.1) is 22.7 Å². The Kier molecular flexibility index (Phi) is 12.9.